The second-order valence-corrected chi connectivity index (χ2v) is 16.0. The second-order valence-electron chi connectivity index (χ2n) is 15.6. The number of imide groups is 2. The minimum Gasteiger partial charge on any atom is -0.508 e. The number of benzene rings is 5. The molecule has 2 aliphatic carbocycles. The van der Waals surface area contributed by atoms with Crippen molar-refractivity contribution in [3.63, 3.8) is 0 Å². The summed E-state index contributed by atoms with van der Waals surface area (Å²) in [4.78, 5) is 62.2. The van der Waals surface area contributed by atoms with Crippen molar-refractivity contribution in [2.45, 2.75) is 24.2 Å². The summed E-state index contributed by atoms with van der Waals surface area (Å²) in [7, 11) is 3.91. The van der Waals surface area contributed by atoms with Gasteiger partial charge in [-0.25, -0.2) is 4.39 Å². The predicted octanol–water partition coefficient (Wildman–Crippen LogP) is 8.86. The molecule has 0 unspecified atom stereocenters. The van der Waals surface area contributed by atoms with Crippen molar-refractivity contribution in [3.05, 3.63) is 155 Å². The average molecular weight is 809 g/mol. The Hall–Kier alpha value is -6.66. The number of halogens is 2. The Labute approximate surface area is 344 Å². The number of phenols is 1. The third-order valence-corrected chi connectivity index (χ3v) is 12.5. The number of anilines is 3. The van der Waals surface area contributed by atoms with E-state index in [-0.39, 0.29) is 24.5 Å². The highest BCUT2D eigenvalue weighted by molar-refractivity contribution is 6.30. The first-order chi connectivity index (χ1) is 28.5. The Bertz CT molecular complexity index is 2560. The number of carbonyl (C=O) groups is 4. The van der Waals surface area contributed by atoms with Crippen molar-refractivity contribution in [2.75, 3.05) is 29.3 Å². The van der Waals surface area contributed by atoms with Crippen LogP contribution in [0.25, 0.3) is 0 Å². The average Bonchev–Trinajstić information content (AvgIpc) is 3.62. The Morgan fingerprint density at radius 2 is 1.42 bits per heavy atom. The molecule has 5 aromatic rings. The molecular weight excluding hydrogens is 771 g/mol. The number of hydrazine groups is 1. The summed E-state index contributed by atoms with van der Waals surface area (Å²) in [6, 6.07) is 33.1. The smallest absolute Gasteiger partial charge is 0.260 e. The maximum absolute atomic E-state index is 15.3. The van der Waals surface area contributed by atoms with Gasteiger partial charge in [-0.15, -0.1) is 0 Å². The fourth-order valence-electron chi connectivity index (χ4n) is 9.59. The number of hydrogen-bond donors (Lipinski definition) is 2. The van der Waals surface area contributed by atoms with Gasteiger partial charge in [-0.3, -0.25) is 29.5 Å². The van der Waals surface area contributed by atoms with Crippen molar-refractivity contribution in [3.8, 4) is 5.75 Å². The number of phenolic OH excluding ortho intramolecular Hbond substituents is 1. The molecule has 2 saturated heterocycles. The van der Waals surface area contributed by atoms with Crippen molar-refractivity contribution in [2.24, 2.45) is 33.9 Å². The summed E-state index contributed by atoms with van der Waals surface area (Å²) in [6.07, 6.45) is 2.20. The topological polar surface area (TPSA) is 135 Å². The monoisotopic (exact) mass is 808 g/mol. The van der Waals surface area contributed by atoms with Crippen LogP contribution in [0.2, 0.25) is 5.02 Å². The standard InChI is InChI=1S/C46H38ClFN6O5/c1-52(2)32-19-15-29(16-20-32)49-50-30-17-21-33(22-18-30)53-42(56)36-24-23-34-37(40(36)44(53)58)25-38-43(57)54(51-31-13-11-28(48)12-14-31)45(59)46(38,26-7-9-27(47)10-8-26)41(34)35-5-3-4-6-39(35)55/h3-23,36-38,40-41,51,55H,24-25H2,1-2H3/t36-,37+,38-,40-,41+,46+/m0/s1. The molecule has 3 fully saturated rings. The molecule has 9 rings (SSSR count). The number of hydrogen-bond acceptors (Lipinski definition) is 9. The molecule has 0 radical (unpaired) electrons. The molecular formula is C46H38ClFN6O5. The van der Waals surface area contributed by atoms with Crippen molar-refractivity contribution >= 4 is 63.7 Å². The van der Waals surface area contributed by atoms with Crippen molar-refractivity contribution < 1.29 is 28.7 Å². The third-order valence-electron chi connectivity index (χ3n) is 12.3. The maximum Gasteiger partial charge on any atom is 0.260 e. The van der Waals surface area contributed by atoms with Crippen LogP contribution in [0.3, 0.4) is 0 Å². The van der Waals surface area contributed by atoms with Gasteiger partial charge in [0.1, 0.15) is 11.6 Å². The Kier molecular flexibility index (Phi) is 9.39. The first kappa shape index (κ1) is 37.9. The highest BCUT2D eigenvalue weighted by Crippen LogP contribution is 2.65. The number of azo groups is 1. The molecule has 59 heavy (non-hydrogen) atoms. The molecule has 5 aromatic carbocycles. The van der Waals surface area contributed by atoms with E-state index in [1.807, 2.05) is 49.3 Å². The van der Waals surface area contributed by atoms with Crippen LogP contribution in [0.5, 0.6) is 5.75 Å². The Morgan fingerprint density at radius 3 is 2.07 bits per heavy atom. The van der Waals surface area contributed by atoms with Gasteiger partial charge in [0, 0.05) is 36.3 Å². The third kappa shape index (κ3) is 6.17. The van der Waals surface area contributed by atoms with Gasteiger partial charge in [0.05, 0.1) is 45.9 Å². The van der Waals surface area contributed by atoms with Crippen LogP contribution in [-0.2, 0) is 24.6 Å². The molecule has 2 heterocycles. The van der Waals surface area contributed by atoms with E-state index < -0.39 is 58.5 Å². The van der Waals surface area contributed by atoms with E-state index >= 15 is 4.79 Å². The van der Waals surface area contributed by atoms with Gasteiger partial charge in [0.25, 0.3) is 11.8 Å². The van der Waals surface area contributed by atoms with Crippen LogP contribution in [0, 0.1) is 29.5 Å². The molecule has 11 nitrogen and oxygen atoms in total. The largest absolute Gasteiger partial charge is 0.508 e. The highest BCUT2D eigenvalue weighted by Gasteiger charge is 2.70. The lowest BCUT2D eigenvalue weighted by molar-refractivity contribution is -0.138. The zero-order valence-electron chi connectivity index (χ0n) is 32.0. The fraction of sp³-hybridized carbons (Fsp3) is 0.217. The lowest BCUT2D eigenvalue weighted by Gasteiger charge is -2.50. The number of para-hydroxylation sites is 1. The van der Waals surface area contributed by atoms with E-state index in [4.69, 9.17) is 11.6 Å². The van der Waals surface area contributed by atoms with Gasteiger partial charge in [-0.2, -0.15) is 15.2 Å². The molecule has 0 bridgehead atoms. The van der Waals surface area contributed by atoms with E-state index in [0.29, 0.717) is 44.5 Å². The molecule has 4 amide bonds. The molecule has 0 aromatic heterocycles. The number of allylic oxidation sites excluding steroid dienone is 2. The van der Waals surface area contributed by atoms with E-state index in [9.17, 15) is 23.9 Å². The van der Waals surface area contributed by atoms with Gasteiger partial charge in [-0.05, 0) is 115 Å². The zero-order valence-corrected chi connectivity index (χ0v) is 32.8. The van der Waals surface area contributed by atoms with Crippen LogP contribution in [-0.4, -0.2) is 47.8 Å². The molecule has 2 N–H and O–H groups in total. The fourth-order valence-corrected chi connectivity index (χ4v) is 9.71. The van der Waals surface area contributed by atoms with E-state index in [2.05, 4.69) is 15.7 Å². The number of carbonyl (C=O) groups excluding carboxylic acids is 4. The first-order valence-electron chi connectivity index (χ1n) is 19.3. The number of rotatable bonds is 8. The predicted molar refractivity (Wildman–Crippen MR) is 221 cm³/mol. The summed E-state index contributed by atoms with van der Waals surface area (Å²) < 4.78 is 13.9. The van der Waals surface area contributed by atoms with E-state index in [1.54, 1.807) is 66.7 Å². The lowest BCUT2D eigenvalue weighted by atomic mass is 9.49. The number of amides is 4. The molecule has 296 valence electrons. The first-order valence-corrected chi connectivity index (χ1v) is 19.7. The van der Waals surface area contributed by atoms with Gasteiger partial charge < -0.3 is 10.0 Å². The summed E-state index contributed by atoms with van der Waals surface area (Å²) >= 11 is 6.37. The van der Waals surface area contributed by atoms with Crippen LogP contribution >= 0.6 is 11.6 Å². The maximum atomic E-state index is 15.3. The lowest BCUT2D eigenvalue weighted by Crippen LogP contribution is -2.53. The Morgan fingerprint density at radius 1 is 0.780 bits per heavy atom. The molecule has 0 spiro atoms. The van der Waals surface area contributed by atoms with Gasteiger partial charge >= 0.3 is 0 Å². The molecule has 1 saturated carbocycles. The quantitative estimate of drug-likeness (QED) is 0.0909. The van der Waals surface area contributed by atoms with Crippen LogP contribution in [0.1, 0.15) is 29.9 Å². The normalized spacial score (nSPS) is 24.9. The SMILES string of the molecule is CN(C)c1ccc(N=Nc2ccc(N3C(=O)[C@H]4[C@H](CC=C5[C@H]4C[C@H]4C(=O)N(Nc6ccc(F)cc6)C(=O)[C@@]4(c4ccc(Cl)cc4)[C@H]5c4ccccc4O)C3=O)cc2)cc1. The number of fused-ring (bicyclic) bond motifs is 4. The summed E-state index contributed by atoms with van der Waals surface area (Å²) in [6.45, 7) is 0. The molecule has 6 atom stereocenters. The summed E-state index contributed by atoms with van der Waals surface area (Å²) in [5.41, 5.74) is 5.86. The molecule has 2 aliphatic heterocycles. The number of aromatic hydroxyl groups is 1. The van der Waals surface area contributed by atoms with Crippen molar-refractivity contribution in [1.82, 2.24) is 5.01 Å². The van der Waals surface area contributed by atoms with Crippen molar-refractivity contribution in [1.29, 1.82) is 0 Å². The van der Waals surface area contributed by atoms with Crippen LogP contribution in [0.4, 0.5) is 32.8 Å². The van der Waals surface area contributed by atoms with Crippen LogP contribution in [0.15, 0.2) is 143 Å². The minimum atomic E-state index is -1.60. The van der Waals surface area contributed by atoms with E-state index in [1.165, 1.54) is 35.2 Å². The molecule has 4 aliphatic rings. The minimum absolute atomic E-state index is 0.0631. The van der Waals surface area contributed by atoms with Gasteiger partial charge in [0.15, 0.2) is 0 Å². The van der Waals surface area contributed by atoms with Crippen LogP contribution < -0.4 is 15.2 Å². The highest BCUT2D eigenvalue weighted by atomic mass is 35.5. The zero-order chi connectivity index (χ0) is 41.2. The van der Waals surface area contributed by atoms with E-state index in [0.717, 1.165) is 10.7 Å². The number of nitrogens with one attached hydrogen (secondary N) is 1. The summed E-state index contributed by atoms with van der Waals surface area (Å²) in [5.74, 6) is -6.63. The second kappa shape index (κ2) is 14.6. The van der Waals surface area contributed by atoms with Gasteiger partial charge in [0.2, 0.25) is 11.8 Å². The Balaban J connectivity index is 1.10. The number of nitrogens with zero attached hydrogens (tertiary/aromatic N) is 5. The summed E-state index contributed by atoms with van der Waals surface area (Å²) in [5, 5.41) is 21.6. The van der Waals surface area contributed by atoms with Gasteiger partial charge in [-0.1, -0.05) is 53.6 Å². The molecule has 13 heteroatoms.